The number of carbonyl (C=O) groups is 1. The van der Waals surface area contributed by atoms with E-state index in [4.69, 9.17) is 0 Å². The minimum atomic E-state index is -0.0868. The summed E-state index contributed by atoms with van der Waals surface area (Å²) >= 11 is 1.69. The minimum absolute atomic E-state index is 0.0868. The van der Waals surface area contributed by atoms with Crippen LogP contribution in [0, 0.1) is 6.92 Å². The van der Waals surface area contributed by atoms with E-state index in [0.717, 1.165) is 54.2 Å². The van der Waals surface area contributed by atoms with Crippen LogP contribution >= 0.6 is 11.3 Å². The molecule has 0 saturated heterocycles. The number of thiophene rings is 1. The Hall–Kier alpha value is -3.07. The molecule has 32 heavy (non-hydrogen) atoms. The Morgan fingerprint density at radius 1 is 1.25 bits per heavy atom. The van der Waals surface area contributed by atoms with Crippen molar-refractivity contribution in [1.29, 1.82) is 0 Å². The number of nitrogens with one attached hydrogen (secondary N) is 1. The van der Waals surface area contributed by atoms with Crippen molar-refractivity contribution < 1.29 is 4.79 Å². The fraction of sp³-hybridized carbons (Fsp3) is 0.435. The van der Waals surface area contributed by atoms with Gasteiger partial charge in [0.1, 0.15) is 11.6 Å². The molecular formula is C23H27N7OS. The summed E-state index contributed by atoms with van der Waals surface area (Å²) in [5.41, 5.74) is 2.18. The van der Waals surface area contributed by atoms with Gasteiger partial charge in [-0.2, -0.15) is 5.10 Å². The lowest BCUT2D eigenvalue weighted by molar-refractivity contribution is 0.0954. The summed E-state index contributed by atoms with van der Waals surface area (Å²) in [6.07, 6.45) is 8.04. The quantitative estimate of drug-likeness (QED) is 0.436. The smallest absolute Gasteiger partial charge is 0.252 e. The van der Waals surface area contributed by atoms with Crippen LogP contribution in [0.25, 0.3) is 11.0 Å². The topological polar surface area (TPSA) is 90.5 Å². The van der Waals surface area contributed by atoms with Crippen molar-refractivity contribution in [3.63, 3.8) is 0 Å². The molecule has 4 aromatic rings. The summed E-state index contributed by atoms with van der Waals surface area (Å²) in [5.74, 6) is 2.06. The zero-order chi connectivity index (χ0) is 21.9. The van der Waals surface area contributed by atoms with Gasteiger partial charge in [-0.25, -0.2) is 9.67 Å². The number of aryl methyl sites for hydroxylation is 3. The molecule has 0 fully saturated rings. The number of carbonyl (C=O) groups excluding carboxylic acids is 1. The van der Waals surface area contributed by atoms with Crippen LogP contribution in [-0.4, -0.2) is 42.0 Å². The first-order chi connectivity index (χ1) is 15.7. The third-order valence-corrected chi connectivity index (χ3v) is 6.78. The van der Waals surface area contributed by atoms with Crippen molar-refractivity contribution in [3.05, 3.63) is 57.6 Å². The second-order valence-electron chi connectivity index (χ2n) is 8.28. The molecule has 8 nitrogen and oxygen atoms in total. The summed E-state index contributed by atoms with van der Waals surface area (Å²) < 4.78 is 4.13. The molecule has 1 amide bonds. The zero-order valence-corrected chi connectivity index (χ0v) is 19.1. The molecule has 1 aliphatic heterocycles. The predicted octanol–water partition coefficient (Wildman–Crippen LogP) is 3.53. The van der Waals surface area contributed by atoms with E-state index in [0.29, 0.717) is 18.7 Å². The molecule has 0 atom stereocenters. The summed E-state index contributed by atoms with van der Waals surface area (Å²) in [5, 5.41) is 19.1. The second kappa shape index (κ2) is 9.20. The van der Waals surface area contributed by atoms with Crippen molar-refractivity contribution in [3.8, 4) is 0 Å². The highest BCUT2D eigenvalue weighted by molar-refractivity contribution is 7.09. The van der Waals surface area contributed by atoms with Gasteiger partial charge in [-0.05, 0) is 43.7 Å². The Labute approximate surface area is 190 Å². The number of rotatable bonds is 7. The molecular weight excluding hydrogens is 422 g/mol. The summed E-state index contributed by atoms with van der Waals surface area (Å²) in [6, 6.07) is 5.95. The molecule has 0 aliphatic carbocycles. The zero-order valence-electron chi connectivity index (χ0n) is 18.3. The Balaban J connectivity index is 1.24. The first kappa shape index (κ1) is 20.8. The standard InChI is InChI=1S/C23H27N7OS/c1-16-13-18(19-14-25-30(22(19)26-16)15-17-7-6-12-32-17)23(31)24-10-5-9-21-28-27-20-8-3-2-4-11-29(20)21/h6-7,12-14H,2-5,8-11,15H2,1H3,(H,24,31). The predicted molar refractivity (Wildman–Crippen MR) is 124 cm³/mol. The third kappa shape index (κ3) is 4.29. The normalized spacial score (nSPS) is 13.8. The third-order valence-electron chi connectivity index (χ3n) is 5.92. The number of hydrogen-bond donors (Lipinski definition) is 1. The number of nitrogens with zero attached hydrogens (tertiary/aromatic N) is 6. The van der Waals surface area contributed by atoms with Gasteiger partial charge in [0.2, 0.25) is 0 Å². The van der Waals surface area contributed by atoms with E-state index in [2.05, 4.69) is 41.6 Å². The fourth-order valence-corrected chi connectivity index (χ4v) is 4.99. The van der Waals surface area contributed by atoms with E-state index in [-0.39, 0.29) is 5.91 Å². The van der Waals surface area contributed by atoms with Crippen LogP contribution in [0.1, 0.15) is 58.3 Å². The van der Waals surface area contributed by atoms with E-state index in [1.54, 1.807) is 17.5 Å². The van der Waals surface area contributed by atoms with Gasteiger partial charge in [0, 0.05) is 36.5 Å². The molecule has 5 heterocycles. The van der Waals surface area contributed by atoms with Crippen LogP contribution in [-0.2, 0) is 25.9 Å². The molecule has 5 rings (SSSR count). The van der Waals surface area contributed by atoms with E-state index < -0.39 is 0 Å². The van der Waals surface area contributed by atoms with Crippen LogP contribution in [0.15, 0.2) is 29.8 Å². The van der Waals surface area contributed by atoms with Gasteiger partial charge in [-0.15, -0.1) is 21.5 Å². The van der Waals surface area contributed by atoms with Gasteiger partial charge < -0.3 is 9.88 Å². The maximum Gasteiger partial charge on any atom is 0.252 e. The van der Waals surface area contributed by atoms with Gasteiger partial charge in [-0.1, -0.05) is 12.5 Å². The Morgan fingerprint density at radius 3 is 3.06 bits per heavy atom. The first-order valence-electron chi connectivity index (χ1n) is 11.2. The lowest BCUT2D eigenvalue weighted by atomic mass is 10.1. The van der Waals surface area contributed by atoms with E-state index in [9.17, 15) is 4.79 Å². The monoisotopic (exact) mass is 449 g/mol. The van der Waals surface area contributed by atoms with Crippen molar-refractivity contribution in [1.82, 2.24) is 34.8 Å². The number of amides is 1. The summed E-state index contributed by atoms with van der Waals surface area (Å²) in [4.78, 5) is 18.8. The number of pyridine rings is 1. The number of aromatic nitrogens is 6. The highest BCUT2D eigenvalue weighted by atomic mass is 32.1. The lowest BCUT2D eigenvalue weighted by Gasteiger charge is -2.09. The number of fused-ring (bicyclic) bond motifs is 2. The van der Waals surface area contributed by atoms with E-state index in [1.807, 2.05) is 23.7 Å². The Bertz CT molecular complexity index is 1220. The molecule has 0 bridgehead atoms. The largest absolute Gasteiger partial charge is 0.352 e. The van der Waals surface area contributed by atoms with Gasteiger partial charge in [0.15, 0.2) is 5.65 Å². The molecule has 0 radical (unpaired) electrons. The average Bonchev–Trinajstić information content (AvgIpc) is 3.49. The van der Waals surface area contributed by atoms with Crippen LogP contribution in [0.3, 0.4) is 0 Å². The lowest BCUT2D eigenvalue weighted by Crippen LogP contribution is -2.25. The summed E-state index contributed by atoms with van der Waals surface area (Å²) in [7, 11) is 0. The van der Waals surface area contributed by atoms with E-state index in [1.165, 1.54) is 24.1 Å². The van der Waals surface area contributed by atoms with Gasteiger partial charge >= 0.3 is 0 Å². The second-order valence-corrected chi connectivity index (χ2v) is 9.32. The van der Waals surface area contributed by atoms with Gasteiger partial charge in [-0.3, -0.25) is 4.79 Å². The van der Waals surface area contributed by atoms with Gasteiger partial charge in [0.25, 0.3) is 5.91 Å². The Kier molecular flexibility index (Phi) is 5.98. The highest BCUT2D eigenvalue weighted by Gasteiger charge is 2.17. The number of hydrogen-bond acceptors (Lipinski definition) is 6. The fourth-order valence-electron chi connectivity index (χ4n) is 4.30. The molecule has 166 valence electrons. The van der Waals surface area contributed by atoms with Crippen LogP contribution < -0.4 is 5.32 Å². The maximum atomic E-state index is 13.0. The van der Waals surface area contributed by atoms with Crippen molar-refractivity contribution in [2.45, 2.75) is 58.5 Å². The molecule has 0 aromatic carbocycles. The SMILES string of the molecule is Cc1cc(C(=O)NCCCc2nnc3n2CCCCC3)c2cnn(Cc3cccs3)c2n1. The van der Waals surface area contributed by atoms with Crippen molar-refractivity contribution in [2.24, 2.45) is 0 Å². The molecule has 0 saturated carbocycles. The molecule has 0 unspecified atom stereocenters. The van der Waals surface area contributed by atoms with Crippen molar-refractivity contribution in [2.75, 3.05) is 6.54 Å². The molecule has 1 aliphatic rings. The molecule has 0 spiro atoms. The molecule has 9 heteroatoms. The van der Waals surface area contributed by atoms with E-state index >= 15 is 0 Å². The van der Waals surface area contributed by atoms with Crippen LogP contribution in [0.4, 0.5) is 0 Å². The minimum Gasteiger partial charge on any atom is -0.352 e. The van der Waals surface area contributed by atoms with Crippen LogP contribution in [0.5, 0.6) is 0 Å². The van der Waals surface area contributed by atoms with Crippen molar-refractivity contribution >= 4 is 28.3 Å². The molecule has 1 N–H and O–H groups in total. The average molecular weight is 450 g/mol. The first-order valence-corrected chi connectivity index (χ1v) is 12.1. The maximum absolute atomic E-state index is 13.0. The van der Waals surface area contributed by atoms with Crippen LogP contribution in [0.2, 0.25) is 0 Å². The van der Waals surface area contributed by atoms with Gasteiger partial charge in [0.05, 0.1) is 23.7 Å². The molecule has 4 aromatic heterocycles. The highest BCUT2D eigenvalue weighted by Crippen LogP contribution is 2.21. The summed E-state index contributed by atoms with van der Waals surface area (Å²) in [6.45, 7) is 4.16. The Morgan fingerprint density at radius 2 is 2.19 bits per heavy atom.